The second kappa shape index (κ2) is 5.54. The lowest BCUT2D eigenvalue weighted by molar-refractivity contribution is -0.190. The van der Waals surface area contributed by atoms with Crippen LogP contribution in [0.2, 0.25) is 0 Å². The number of hydrogen-bond donors (Lipinski definition) is 1. The van der Waals surface area contributed by atoms with E-state index in [-0.39, 0.29) is 5.92 Å². The highest BCUT2D eigenvalue weighted by Gasteiger charge is 2.45. The van der Waals surface area contributed by atoms with E-state index in [0.29, 0.717) is 19.6 Å². The minimum atomic E-state index is -0.753. The lowest BCUT2D eigenvalue weighted by Gasteiger charge is -2.38. The average molecular weight is 276 g/mol. The molecule has 1 aliphatic carbocycles. The lowest BCUT2D eigenvalue weighted by atomic mass is 9.74. The van der Waals surface area contributed by atoms with Crippen LogP contribution in [-0.2, 0) is 14.3 Å². The molecule has 2 fully saturated rings. The van der Waals surface area contributed by atoms with Crippen LogP contribution in [0, 0.1) is 5.92 Å². The fraction of sp³-hybridized carbons (Fsp3) is 0.562. The number of aliphatic carboxylic acids is 1. The molecule has 4 nitrogen and oxygen atoms in total. The van der Waals surface area contributed by atoms with Gasteiger partial charge >= 0.3 is 5.97 Å². The molecule has 1 aliphatic heterocycles. The Kier molecular flexibility index (Phi) is 3.76. The van der Waals surface area contributed by atoms with Gasteiger partial charge in [0.15, 0.2) is 5.79 Å². The number of ether oxygens (including phenoxy) is 2. The lowest BCUT2D eigenvalue weighted by Crippen LogP contribution is -2.39. The third-order valence-corrected chi connectivity index (χ3v) is 4.42. The van der Waals surface area contributed by atoms with Gasteiger partial charge in [-0.3, -0.25) is 4.79 Å². The Bertz CT molecular complexity index is 465. The predicted molar refractivity (Wildman–Crippen MR) is 73.4 cm³/mol. The molecule has 1 spiro atoms. The summed E-state index contributed by atoms with van der Waals surface area (Å²) in [5.41, 5.74) is 0.875. The van der Waals surface area contributed by atoms with Gasteiger partial charge in [-0.05, 0) is 24.3 Å². The Morgan fingerprint density at radius 2 is 1.95 bits per heavy atom. The molecule has 3 rings (SSSR count). The number of carbonyl (C=O) groups is 1. The third kappa shape index (κ3) is 2.58. The van der Waals surface area contributed by atoms with Crippen LogP contribution in [0.25, 0.3) is 0 Å². The molecule has 2 atom stereocenters. The highest BCUT2D eigenvalue weighted by atomic mass is 16.7. The first-order valence-corrected chi connectivity index (χ1v) is 7.26. The largest absolute Gasteiger partial charge is 0.481 e. The molecule has 20 heavy (non-hydrogen) atoms. The van der Waals surface area contributed by atoms with Gasteiger partial charge in [0.2, 0.25) is 0 Å². The molecule has 1 saturated heterocycles. The maximum atomic E-state index is 11.7. The highest BCUT2D eigenvalue weighted by Crippen LogP contribution is 2.44. The van der Waals surface area contributed by atoms with Crippen molar-refractivity contribution in [2.24, 2.45) is 5.92 Å². The van der Waals surface area contributed by atoms with Crippen molar-refractivity contribution in [3.05, 3.63) is 35.9 Å². The molecule has 1 aromatic rings. The minimum Gasteiger partial charge on any atom is -0.481 e. The van der Waals surface area contributed by atoms with Crippen molar-refractivity contribution in [2.45, 2.75) is 37.4 Å². The van der Waals surface area contributed by atoms with E-state index in [1.54, 1.807) is 0 Å². The Labute approximate surface area is 118 Å². The van der Waals surface area contributed by atoms with E-state index in [9.17, 15) is 9.90 Å². The highest BCUT2D eigenvalue weighted by molar-refractivity contribution is 5.76. The Hall–Kier alpha value is -1.39. The van der Waals surface area contributed by atoms with Crippen molar-refractivity contribution < 1.29 is 19.4 Å². The van der Waals surface area contributed by atoms with Crippen LogP contribution >= 0.6 is 0 Å². The van der Waals surface area contributed by atoms with Crippen molar-refractivity contribution in [2.75, 3.05) is 13.2 Å². The molecule has 0 aromatic heterocycles. The maximum Gasteiger partial charge on any atom is 0.311 e. The van der Waals surface area contributed by atoms with Crippen LogP contribution in [0.4, 0.5) is 0 Å². The standard InChI is InChI=1S/C16H20O4/c17-15(18)14(12-5-2-1-3-6-12)13-7-4-8-16(11-13)19-9-10-20-16/h1-3,5-6,13-14H,4,7-11H2,(H,17,18)/t13-,14?/m0/s1. The maximum absolute atomic E-state index is 11.7. The van der Waals surface area contributed by atoms with Crippen molar-refractivity contribution in [3.63, 3.8) is 0 Å². The molecule has 0 bridgehead atoms. The molecular formula is C16H20O4. The van der Waals surface area contributed by atoms with Crippen LogP contribution in [-0.4, -0.2) is 30.1 Å². The summed E-state index contributed by atoms with van der Waals surface area (Å²) >= 11 is 0. The number of rotatable bonds is 3. The molecule has 1 N–H and O–H groups in total. The fourth-order valence-electron chi connectivity index (χ4n) is 3.56. The average Bonchev–Trinajstić information content (AvgIpc) is 2.88. The van der Waals surface area contributed by atoms with Crippen LogP contribution in [0.3, 0.4) is 0 Å². The first-order valence-electron chi connectivity index (χ1n) is 7.26. The first-order chi connectivity index (χ1) is 9.70. The number of hydrogen-bond acceptors (Lipinski definition) is 3. The molecule has 2 aliphatic rings. The zero-order valence-electron chi connectivity index (χ0n) is 11.5. The molecule has 1 unspecified atom stereocenters. The van der Waals surface area contributed by atoms with E-state index in [0.717, 1.165) is 24.8 Å². The Morgan fingerprint density at radius 1 is 1.25 bits per heavy atom. The summed E-state index contributed by atoms with van der Waals surface area (Å²) < 4.78 is 11.5. The van der Waals surface area contributed by atoms with Gasteiger partial charge in [0.1, 0.15) is 0 Å². The van der Waals surface area contributed by atoms with Gasteiger partial charge in [-0.25, -0.2) is 0 Å². The molecule has 0 amide bonds. The van der Waals surface area contributed by atoms with Crippen LogP contribution < -0.4 is 0 Å². The quantitative estimate of drug-likeness (QED) is 0.922. The molecule has 1 heterocycles. The van der Waals surface area contributed by atoms with Crippen LogP contribution in [0.5, 0.6) is 0 Å². The minimum absolute atomic E-state index is 0.0711. The van der Waals surface area contributed by atoms with Gasteiger partial charge in [-0.2, -0.15) is 0 Å². The van der Waals surface area contributed by atoms with Gasteiger partial charge in [0, 0.05) is 12.8 Å². The van der Waals surface area contributed by atoms with Crippen molar-refractivity contribution in [1.29, 1.82) is 0 Å². The van der Waals surface area contributed by atoms with Crippen LogP contribution in [0.1, 0.15) is 37.2 Å². The van der Waals surface area contributed by atoms with Gasteiger partial charge in [0.25, 0.3) is 0 Å². The number of carboxylic acids is 1. The Morgan fingerprint density at radius 3 is 2.60 bits per heavy atom. The van der Waals surface area contributed by atoms with E-state index < -0.39 is 17.7 Å². The van der Waals surface area contributed by atoms with Crippen LogP contribution in [0.15, 0.2) is 30.3 Å². The predicted octanol–water partition coefficient (Wildman–Crippen LogP) is 2.79. The fourth-order valence-corrected chi connectivity index (χ4v) is 3.56. The second-order valence-corrected chi connectivity index (χ2v) is 5.69. The summed E-state index contributed by atoms with van der Waals surface area (Å²) in [6, 6.07) is 9.50. The summed E-state index contributed by atoms with van der Waals surface area (Å²) in [5.74, 6) is -1.68. The van der Waals surface area contributed by atoms with Gasteiger partial charge < -0.3 is 14.6 Å². The molecule has 4 heteroatoms. The SMILES string of the molecule is O=C(O)C(c1ccccc1)[C@H]1CCCC2(C1)OCCO2. The molecule has 1 saturated carbocycles. The first kappa shape index (κ1) is 13.6. The third-order valence-electron chi connectivity index (χ3n) is 4.42. The van der Waals surface area contributed by atoms with E-state index in [1.165, 1.54) is 0 Å². The number of carboxylic acid groups (broad SMARTS) is 1. The van der Waals surface area contributed by atoms with E-state index in [4.69, 9.17) is 9.47 Å². The number of benzene rings is 1. The zero-order chi connectivity index (χ0) is 14.0. The normalized spacial score (nSPS) is 26.5. The topological polar surface area (TPSA) is 55.8 Å². The van der Waals surface area contributed by atoms with Crippen molar-refractivity contribution in [1.82, 2.24) is 0 Å². The molecule has 0 radical (unpaired) electrons. The smallest absolute Gasteiger partial charge is 0.311 e. The molecular weight excluding hydrogens is 256 g/mol. The van der Waals surface area contributed by atoms with Gasteiger partial charge in [0.05, 0.1) is 19.1 Å². The molecule has 1 aromatic carbocycles. The summed E-state index contributed by atoms with van der Waals surface area (Å²) in [5, 5.41) is 9.63. The monoisotopic (exact) mass is 276 g/mol. The van der Waals surface area contributed by atoms with Gasteiger partial charge in [-0.15, -0.1) is 0 Å². The van der Waals surface area contributed by atoms with Crippen molar-refractivity contribution in [3.8, 4) is 0 Å². The zero-order valence-corrected chi connectivity index (χ0v) is 11.5. The Balaban J connectivity index is 1.83. The van der Waals surface area contributed by atoms with E-state index in [1.807, 2.05) is 30.3 Å². The van der Waals surface area contributed by atoms with E-state index >= 15 is 0 Å². The van der Waals surface area contributed by atoms with E-state index in [2.05, 4.69) is 0 Å². The summed E-state index contributed by atoms with van der Waals surface area (Å²) in [4.78, 5) is 11.7. The summed E-state index contributed by atoms with van der Waals surface area (Å²) in [6.45, 7) is 1.24. The summed E-state index contributed by atoms with van der Waals surface area (Å²) in [6.07, 6.45) is 3.44. The van der Waals surface area contributed by atoms with Gasteiger partial charge in [-0.1, -0.05) is 30.3 Å². The summed E-state index contributed by atoms with van der Waals surface area (Å²) in [7, 11) is 0. The second-order valence-electron chi connectivity index (χ2n) is 5.69. The van der Waals surface area contributed by atoms with Crippen molar-refractivity contribution >= 4 is 5.97 Å². The molecule has 108 valence electrons.